The minimum Gasteiger partial charge on any atom is -0.507 e. The fourth-order valence-electron chi connectivity index (χ4n) is 4.13. The molecule has 0 aliphatic rings. The van der Waals surface area contributed by atoms with Crippen molar-refractivity contribution in [1.82, 2.24) is 0 Å². The van der Waals surface area contributed by atoms with Crippen molar-refractivity contribution in [3.63, 3.8) is 0 Å². The second-order valence-corrected chi connectivity index (χ2v) is 14.6. The highest BCUT2D eigenvalue weighted by Crippen LogP contribution is 2.42. The first-order valence-corrected chi connectivity index (χ1v) is 13.2. The number of aromatic hydroxyl groups is 2. The summed E-state index contributed by atoms with van der Waals surface area (Å²) in [4.78, 5) is 0. The predicted molar refractivity (Wildman–Crippen MR) is 146 cm³/mol. The van der Waals surface area contributed by atoms with Crippen molar-refractivity contribution in [2.24, 2.45) is 0 Å². The third-order valence-electron chi connectivity index (χ3n) is 6.11. The smallest absolute Gasteiger partial charge is 0.123 e. The van der Waals surface area contributed by atoms with E-state index in [1.54, 1.807) is 0 Å². The molecule has 0 aliphatic heterocycles. The van der Waals surface area contributed by atoms with Crippen LogP contribution < -0.4 is 0 Å². The van der Waals surface area contributed by atoms with Gasteiger partial charge in [-0.05, 0) is 55.0 Å². The molecular formula is C30H46O2S. The van der Waals surface area contributed by atoms with E-state index in [1.807, 2.05) is 11.8 Å². The second kappa shape index (κ2) is 9.21. The third kappa shape index (κ3) is 6.72. The van der Waals surface area contributed by atoms with Crippen LogP contribution in [0.3, 0.4) is 0 Å². The van der Waals surface area contributed by atoms with Crippen molar-refractivity contribution in [3.8, 4) is 11.5 Å². The Hall–Kier alpha value is -1.61. The highest BCUT2D eigenvalue weighted by molar-refractivity contribution is 7.97. The van der Waals surface area contributed by atoms with Crippen LogP contribution in [-0.2, 0) is 33.2 Å². The molecular weight excluding hydrogens is 424 g/mol. The zero-order valence-electron chi connectivity index (χ0n) is 23.0. The predicted octanol–water partition coefficient (Wildman–Crippen LogP) is 8.72. The molecule has 0 fully saturated rings. The van der Waals surface area contributed by atoms with Crippen LogP contribution in [0.1, 0.15) is 116 Å². The van der Waals surface area contributed by atoms with E-state index in [0.29, 0.717) is 11.5 Å². The highest BCUT2D eigenvalue weighted by Gasteiger charge is 2.28. The average molecular weight is 471 g/mol. The molecule has 0 spiro atoms. The SMILES string of the molecule is CC(C)(C)c1cc(CSCc2cc(C(C)(C)C)c(O)c(C(C)(C)C)c2)cc(C(C)(C)C)c1O. The molecule has 2 aromatic rings. The first-order chi connectivity index (χ1) is 14.7. The van der Waals surface area contributed by atoms with Gasteiger partial charge < -0.3 is 10.2 Å². The molecule has 2 rings (SSSR count). The molecule has 2 N–H and O–H groups in total. The third-order valence-corrected chi connectivity index (χ3v) is 7.18. The van der Waals surface area contributed by atoms with Gasteiger partial charge in [-0.25, -0.2) is 0 Å². The van der Waals surface area contributed by atoms with Crippen LogP contribution in [0.4, 0.5) is 0 Å². The van der Waals surface area contributed by atoms with Gasteiger partial charge in [0.2, 0.25) is 0 Å². The lowest BCUT2D eigenvalue weighted by atomic mass is 9.78. The number of benzene rings is 2. The van der Waals surface area contributed by atoms with Crippen LogP contribution in [0.2, 0.25) is 0 Å². The minimum atomic E-state index is -0.120. The molecule has 2 aromatic carbocycles. The summed E-state index contributed by atoms with van der Waals surface area (Å²) in [7, 11) is 0. The zero-order chi connectivity index (χ0) is 25.6. The number of rotatable bonds is 4. The topological polar surface area (TPSA) is 40.5 Å². The van der Waals surface area contributed by atoms with Gasteiger partial charge in [-0.15, -0.1) is 0 Å². The molecule has 0 radical (unpaired) electrons. The van der Waals surface area contributed by atoms with Gasteiger partial charge in [0.1, 0.15) is 11.5 Å². The van der Waals surface area contributed by atoms with Crippen LogP contribution in [0.25, 0.3) is 0 Å². The maximum Gasteiger partial charge on any atom is 0.123 e. The lowest BCUT2D eigenvalue weighted by Gasteiger charge is -2.28. The van der Waals surface area contributed by atoms with E-state index < -0.39 is 0 Å². The minimum absolute atomic E-state index is 0.120. The number of hydrogen-bond donors (Lipinski definition) is 2. The van der Waals surface area contributed by atoms with Crippen molar-refractivity contribution in [2.75, 3.05) is 0 Å². The summed E-state index contributed by atoms with van der Waals surface area (Å²) in [6.45, 7) is 25.9. The lowest BCUT2D eigenvalue weighted by Crippen LogP contribution is -2.18. The Bertz CT molecular complexity index is 838. The molecule has 0 heterocycles. The fraction of sp³-hybridized carbons (Fsp3) is 0.600. The number of thioether (sulfide) groups is 1. The average Bonchev–Trinajstić information content (AvgIpc) is 2.60. The largest absolute Gasteiger partial charge is 0.507 e. The number of hydrogen-bond acceptors (Lipinski definition) is 3. The molecule has 0 bridgehead atoms. The van der Waals surface area contributed by atoms with Crippen LogP contribution in [0.15, 0.2) is 24.3 Å². The van der Waals surface area contributed by atoms with Gasteiger partial charge in [-0.1, -0.05) is 107 Å². The summed E-state index contributed by atoms with van der Waals surface area (Å²) >= 11 is 1.89. The Kier molecular flexibility index (Phi) is 7.71. The fourth-order valence-corrected chi connectivity index (χ4v) is 5.04. The Morgan fingerprint density at radius 3 is 0.879 bits per heavy atom. The molecule has 0 amide bonds. The molecule has 0 saturated carbocycles. The normalized spacial score (nSPS) is 13.5. The van der Waals surface area contributed by atoms with Gasteiger partial charge in [0, 0.05) is 11.5 Å². The van der Waals surface area contributed by atoms with E-state index in [4.69, 9.17) is 0 Å². The van der Waals surface area contributed by atoms with E-state index in [2.05, 4.69) is 107 Å². The number of phenolic OH excluding ortho intramolecular Hbond substituents is 2. The van der Waals surface area contributed by atoms with Gasteiger partial charge in [0.25, 0.3) is 0 Å². The highest BCUT2D eigenvalue weighted by atomic mass is 32.2. The summed E-state index contributed by atoms with van der Waals surface area (Å²) < 4.78 is 0. The summed E-state index contributed by atoms with van der Waals surface area (Å²) in [6, 6.07) is 8.70. The van der Waals surface area contributed by atoms with Crippen molar-refractivity contribution in [2.45, 2.75) is 116 Å². The van der Waals surface area contributed by atoms with E-state index in [9.17, 15) is 10.2 Å². The molecule has 184 valence electrons. The lowest BCUT2D eigenvalue weighted by molar-refractivity contribution is 0.422. The van der Waals surface area contributed by atoms with Gasteiger partial charge in [0.15, 0.2) is 0 Å². The van der Waals surface area contributed by atoms with Crippen molar-refractivity contribution in [3.05, 3.63) is 57.6 Å². The van der Waals surface area contributed by atoms with Gasteiger partial charge in [-0.3, -0.25) is 0 Å². The molecule has 0 aromatic heterocycles. The Morgan fingerprint density at radius 1 is 0.485 bits per heavy atom. The van der Waals surface area contributed by atoms with Gasteiger partial charge in [-0.2, -0.15) is 11.8 Å². The molecule has 33 heavy (non-hydrogen) atoms. The van der Waals surface area contributed by atoms with Crippen LogP contribution in [0.5, 0.6) is 11.5 Å². The Balaban J connectivity index is 2.39. The summed E-state index contributed by atoms with van der Waals surface area (Å²) in [6.07, 6.45) is 0. The first kappa shape index (κ1) is 27.6. The molecule has 0 unspecified atom stereocenters. The van der Waals surface area contributed by atoms with Crippen molar-refractivity contribution >= 4 is 11.8 Å². The summed E-state index contributed by atoms with van der Waals surface area (Å²) in [5.41, 5.74) is 6.07. The van der Waals surface area contributed by atoms with Crippen LogP contribution in [0, 0.1) is 0 Å². The Morgan fingerprint density at radius 2 is 0.697 bits per heavy atom. The quantitative estimate of drug-likeness (QED) is 0.469. The van der Waals surface area contributed by atoms with Crippen molar-refractivity contribution in [1.29, 1.82) is 0 Å². The van der Waals surface area contributed by atoms with Crippen LogP contribution in [-0.4, -0.2) is 10.2 Å². The molecule has 3 heteroatoms. The van der Waals surface area contributed by atoms with Crippen molar-refractivity contribution < 1.29 is 10.2 Å². The van der Waals surface area contributed by atoms with Gasteiger partial charge >= 0.3 is 0 Å². The summed E-state index contributed by atoms with van der Waals surface area (Å²) in [5, 5.41) is 22.0. The maximum absolute atomic E-state index is 11.0. The van der Waals surface area contributed by atoms with Gasteiger partial charge in [0.05, 0.1) is 0 Å². The van der Waals surface area contributed by atoms with Crippen LogP contribution >= 0.6 is 11.8 Å². The van der Waals surface area contributed by atoms with E-state index in [0.717, 1.165) is 33.8 Å². The van der Waals surface area contributed by atoms with E-state index >= 15 is 0 Å². The molecule has 2 nitrogen and oxygen atoms in total. The molecule has 0 saturated heterocycles. The second-order valence-electron chi connectivity index (χ2n) is 13.6. The standard InChI is InChI=1S/C30H46O2S/c1-27(2,3)21-13-19(14-22(25(21)31)28(4,5)6)17-33-18-20-15-23(29(7,8)9)26(32)24(16-20)30(10,11)12/h13-16,31-32H,17-18H2,1-12H3. The summed E-state index contributed by atoms with van der Waals surface area (Å²) in [5.74, 6) is 2.63. The Labute approximate surface area is 207 Å². The monoisotopic (exact) mass is 470 g/mol. The van der Waals surface area contributed by atoms with E-state index in [-0.39, 0.29) is 21.7 Å². The number of phenols is 2. The first-order valence-electron chi connectivity index (χ1n) is 12.0. The van der Waals surface area contributed by atoms with E-state index in [1.165, 1.54) is 11.1 Å². The maximum atomic E-state index is 11.0. The molecule has 0 atom stereocenters. The zero-order valence-corrected chi connectivity index (χ0v) is 23.8. The molecule has 0 aliphatic carbocycles.